The summed E-state index contributed by atoms with van der Waals surface area (Å²) in [6.07, 6.45) is 1.95. The van der Waals surface area contributed by atoms with E-state index in [1.807, 2.05) is 37.3 Å². The number of hydrogen-bond donors (Lipinski definition) is 0. The van der Waals surface area contributed by atoms with Gasteiger partial charge in [-0.15, -0.1) is 0 Å². The Morgan fingerprint density at radius 3 is 2.41 bits per heavy atom. The number of ether oxygens (including phenoxy) is 1. The maximum Gasteiger partial charge on any atom is 0.309 e. The van der Waals surface area contributed by atoms with Crippen molar-refractivity contribution < 1.29 is 18.7 Å². The highest BCUT2D eigenvalue weighted by atomic mass is 19.1. The van der Waals surface area contributed by atoms with Crippen molar-refractivity contribution in [3.8, 4) is 0 Å². The standard InChI is InChI=1S/C25H28FN3O3/c1-2-32-25(31)20-12-14-28(15-13-20)17-24(30)29-23(19-8-10-21(26)11-9-19)16-22(27-29)18-6-4-3-5-7-18/h3-11,20,23H,2,12-17H2,1H3. The minimum absolute atomic E-state index is 0.0947. The molecule has 2 aliphatic rings. The minimum Gasteiger partial charge on any atom is -0.466 e. The molecule has 1 atom stereocenters. The van der Waals surface area contributed by atoms with Crippen LogP contribution >= 0.6 is 0 Å². The number of amides is 1. The molecule has 2 aliphatic heterocycles. The molecule has 7 heteroatoms. The molecule has 0 bridgehead atoms. The zero-order chi connectivity index (χ0) is 22.5. The molecule has 2 aromatic carbocycles. The Bertz CT molecular complexity index is 970. The lowest BCUT2D eigenvalue weighted by Crippen LogP contribution is -2.43. The molecule has 168 valence electrons. The molecule has 0 aromatic heterocycles. The molecule has 0 spiro atoms. The van der Waals surface area contributed by atoms with E-state index in [1.54, 1.807) is 17.1 Å². The number of piperidine rings is 1. The monoisotopic (exact) mass is 437 g/mol. The van der Waals surface area contributed by atoms with Crippen molar-refractivity contribution in [2.75, 3.05) is 26.2 Å². The number of rotatable bonds is 6. The van der Waals surface area contributed by atoms with Gasteiger partial charge in [-0.05, 0) is 56.1 Å². The number of hydrogen-bond acceptors (Lipinski definition) is 5. The van der Waals surface area contributed by atoms with Crippen molar-refractivity contribution in [1.82, 2.24) is 9.91 Å². The second-order valence-corrected chi connectivity index (χ2v) is 8.22. The summed E-state index contributed by atoms with van der Waals surface area (Å²) in [5, 5.41) is 6.23. The van der Waals surface area contributed by atoms with Crippen LogP contribution in [0, 0.1) is 11.7 Å². The lowest BCUT2D eigenvalue weighted by atomic mass is 9.97. The number of halogens is 1. The minimum atomic E-state index is -0.307. The summed E-state index contributed by atoms with van der Waals surface area (Å²) < 4.78 is 18.6. The average molecular weight is 438 g/mol. The Kier molecular flexibility index (Phi) is 6.95. The maximum atomic E-state index is 13.5. The Hall–Kier alpha value is -3.06. The third-order valence-electron chi connectivity index (χ3n) is 6.09. The second kappa shape index (κ2) is 10.0. The maximum absolute atomic E-state index is 13.5. The van der Waals surface area contributed by atoms with E-state index in [9.17, 15) is 14.0 Å². The number of likely N-dealkylation sites (tertiary alicyclic amines) is 1. The van der Waals surface area contributed by atoms with Gasteiger partial charge in [0.2, 0.25) is 0 Å². The largest absolute Gasteiger partial charge is 0.466 e. The van der Waals surface area contributed by atoms with Crippen molar-refractivity contribution in [3.05, 3.63) is 71.5 Å². The van der Waals surface area contributed by atoms with Crippen LogP contribution in [0.5, 0.6) is 0 Å². The van der Waals surface area contributed by atoms with Crippen molar-refractivity contribution in [3.63, 3.8) is 0 Å². The zero-order valence-electron chi connectivity index (χ0n) is 18.2. The fourth-order valence-corrected chi connectivity index (χ4v) is 4.34. The van der Waals surface area contributed by atoms with Gasteiger partial charge in [0, 0.05) is 6.42 Å². The van der Waals surface area contributed by atoms with Gasteiger partial charge >= 0.3 is 5.97 Å². The van der Waals surface area contributed by atoms with E-state index in [2.05, 4.69) is 10.0 Å². The summed E-state index contributed by atoms with van der Waals surface area (Å²) in [5.74, 6) is -0.646. The highest BCUT2D eigenvalue weighted by Gasteiger charge is 2.35. The SMILES string of the molecule is CCOC(=O)C1CCN(CC(=O)N2N=C(c3ccccc3)CC2c2ccc(F)cc2)CC1. The molecule has 1 amide bonds. The molecule has 0 N–H and O–H groups in total. The first-order valence-electron chi connectivity index (χ1n) is 11.1. The van der Waals surface area contributed by atoms with E-state index >= 15 is 0 Å². The van der Waals surface area contributed by atoms with Crippen LogP contribution < -0.4 is 0 Å². The third-order valence-corrected chi connectivity index (χ3v) is 6.09. The Labute approximate surface area is 187 Å². The summed E-state index contributed by atoms with van der Waals surface area (Å²) in [6, 6.07) is 15.8. The van der Waals surface area contributed by atoms with Gasteiger partial charge in [0.15, 0.2) is 0 Å². The van der Waals surface area contributed by atoms with E-state index in [0.717, 1.165) is 16.8 Å². The Morgan fingerprint density at radius 2 is 1.75 bits per heavy atom. The predicted octanol–water partition coefficient (Wildman–Crippen LogP) is 3.78. The van der Waals surface area contributed by atoms with Crippen molar-refractivity contribution >= 4 is 17.6 Å². The Balaban J connectivity index is 1.47. The fourth-order valence-electron chi connectivity index (χ4n) is 4.34. The Morgan fingerprint density at radius 1 is 1.06 bits per heavy atom. The van der Waals surface area contributed by atoms with E-state index in [-0.39, 0.29) is 36.2 Å². The molecule has 1 saturated heterocycles. The first kappa shape index (κ1) is 22.1. The zero-order valence-corrected chi connectivity index (χ0v) is 18.2. The van der Waals surface area contributed by atoms with E-state index in [4.69, 9.17) is 4.74 Å². The lowest BCUT2D eigenvalue weighted by molar-refractivity contribution is -0.149. The van der Waals surface area contributed by atoms with Crippen LogP contribution in [0.2, 0.25) is 0 Å². The number of carbonyl (C=O) groups excluding carboxylic acids is 2. The molecular formula is C25H28FN3O3. The molecule has 1 unspecified atom stereocenters. The summed E-state index contributed by atoms with van der Waals surface area (Å²) in [4.78, 5) is 27.3. The second-order valence-electron chi connectivity index (χ2n) is 8.22. The summed E-state index contributed by atoms with van der Waals surface area (Å²) in [7, 11) is 0. The smallest absolute Gasteiger partial charge is 0.309 e. The molecule has 4 rings (SSSR count). The van der Waals surface area contributed by atoms with Gasteiger partial charge in [0.25, 0.3) is 5.91 Å². The number of carbonyl (C=O) groups is 2. The first-order chi connectivity index (χ1) is 15.5. The number of hydrazone groups is 1. The molecule has 2 aromatic rings. The molecule has 0 saturated carbocycles. The number of nitrogens with zero attached hydrogens (tertiary/aromatic N) is 3. The van der Waals surface area contributed by atoms with Gasteiger partial charge in [-0.3, -0.25) is 14.5 Å². The normalized spacial score (nSPS) is 19.6. The van der Waals surface area contributed by atoms with Gasteiger partial charge in [-0.25, -0.2) is 9.40 Å². The quantitative estimate of drug-likeness (QED) is 0.646. The summed E-state index contributed by atoms with van der Waals surface area (Å²) >= 11 is 0. The fraction of sp³-hybridized carbons (Fsp3) is 0.400. The number of esters is 1. The van der Waals surface area contributed by atoms with Crippen molar-refractivity contribution in [2.24, 2.45) is 11.0 Å². The highest BCUT2D eigenvalue weighted by Crippen LogP contribution is 2.33. The first-order valence-corrected chi connectivity index (χ1v) is 11.1. The third kappa shape index (κ3) is 5.05. The lowest BCUT2D eigenvalue weighted by Gasteiger charge is -2.31. The summed E-state index contributed by atoms with van der Waals surface area (Å²) in [6.45, 7) is 3.76. The predicted molar refractivity (Wildman–Crippen MR) is 119 cm³/mol. The summed E-state index contributed by atoms with van der Waals surface area (Å²) in [5.41, 5.74) is 2.68. The van der Waals surface area contributed by atoms with Crippen LogP contribution in [0.1, 0.15) is 43.4 Å². The van der Waals surface area contributed by atoms with Gasteiger partial charge in [0.1, 0.15) is 5.82 Å². The molecule has 6 nitrogen and oxygen atoms in total. The van der Waals surface area contributed by atoms with Gasteiger partial charge < -0.3 is 4.74 Å². The molecular weight excluding hydrogens is 409 g/mol. The molecule has 0 radical (unpaired) electrons. The molecule has 1 fully saturated rings. The van der Waals surface area contributed by atoms with Crippen LogP contribution in [0.3, 0.4) is 0 Å². The van der Waals surface area contributed by atoms with E-state index < -0.39 is 0 Å². The van der Waals surface area contributed by atoms with Crippen LogP contribution in [0.25, 0.3) is 0 Å². The van der Waals surface area contributed by atoms with Gasteiger partial charge in [-0.2, -0.15) is 5.10 Å². The van der Waals surface area contributed by atoms with E-state index in [0.29, 0.717) is 39.0 Å². The van der Waals surface area contributed by atoms with Gasteiger partial charge in [-0.1, -0.05) is 42.5 Å². The molecule has 0 aliphatic carbocycles. The van der Waals surface area contributed by atoms with Crippen LogP contribution in [-0.4, -0.2) is 53.7 Å². The van der Waals surface area contributed by atoms with Crippen LogP contribution in [0.15, 0.2) is 59.7 Å². The van der Waals surface area contributed by atoms with Crippen LogP contribution in [0.4, 0.5) is 4.39 Å². The topological polar surface area (TPSA) is 62.2 Å². The number of benzene rings is 2. The van der Waals surface area contributed by atoms with Crippen molar-refractivity contribution in [2.45, 2.75) is 32.2 Å². The van der Waals surface area contributed by atoms with Crippen LogP contribution in [-0.2, 0) is 14.3 Å². The average Bonchev–Trinajstić information content (AvgIpc) is 3.26. The van der Waals surface area contributed by atoms with Crippen molar-refractivity contribution in [1.29, 1.82) is 0 Å². The molecule has 2 heterocycles. The molecule has 32 heavy (non-hydrogen) atoms. The van der Waals surface area contributed by atoms with Gasteiger partial charge in [0.05, 0.1) is 30.8 Å². The highest BCUT2D eigenvalue weighted by molar-refractivity contribution is 6.03. The van der Waals surface area contributed by atoms with E-state index in [1.165, 1.54) is 12.1 Å².